The van der Waals surface area contributed by atoms with Crippen LogP contribution in [0.2, 0.25) is 0 Å². The molecular formula is C14H21NO2. The van der Waals surface area contributed by atoms with Gasteiger partial charge in [-0.15, -0.1) is 0 Å². The molecule has 0 bridgehead atoms. The number of nitrogens with zero attached hydrogens (tertiary/aromatic N) is 1. The second kappa shape index (κ2) is 6.94. The van der Waals surface area contributed by atoms with Gasteiger partial charge in [-0.1, -0.05) is 26.0 Å². The number of carbonyl (C=O) groups excluding carboxylic acids is 1. The first kappa shape index (κ1) is 13.6. The quantitative estimate of drug-likeness (QED) is 0.710. The van der Waals surface area contributed by atoms with Crippen molar-refractivity contribution in [1.82, 2.24) is 0 Å². The Morgan fingerprint density at radius 3 is 2.29 bits per heavy atom. The van der Waals surface area contributed by atoms with E-state index >= 15 is 0 Å². The molecular weight excluding hydrogens is 214 g/mol. The third-order valence-corrected chi connectivity index (χ3v) is 2.64. The molecule has 1 aromatic carbocycles. The van der Waals surface area contributed by atoms with Gasteiger partial charge in [0.2, 0.25) is 0 Å². The Hall–Kier alpha value is -1.51. The summed E-state index contributed by atoms with van der Waals surface area (Å²) in [6.45, 7) is 6.20. The maximum atomic E-state index is 11.7. The first-order valence-corrected chi connectivity index (χ1v) is 6.16. The number of para-hydroxylation sites is 1. The molecule has 94 valence electrons. The Balaban J connectivity index is 3.04. The number of ether oxygens (including phenoxy) is 1. The van der Waals surface area contributed by atoms with E-state index in [1.165, 1.54) is 7.11 Å². The highest BCUT2D eigenvalue weighted by atomic mass is 16.5. The molecule has 0 saturated heterocycles. The summed E-state index contributed by atoms with van der Waals surface area (Å²) in [5.74, 6) is -0.266. The van der Waals surface area contributed by atoms with Crippen molar-refractivity contribution >= 4 is 11.7 Å². The van der Waals surface area contributed by atoms with Gasteiger partial charge in [-0.25, -0.2) is 4.79 Å². The van der Waals surface area contributed by atoms with Crippen LogP contribution >= 0.6 is 0 Å². The van der Waals surface area contributed by atoms with E-state index in [4.69, 9.17) is 4.74 Å². The largest absolute Gasteiger partial charge is 0.465 e. The molecule has 1 rings (SSSR count). The van der Waals surface area contributed by atoms with E-state index in [-0.39, 0.29) is 5.97 Å². The van der Waals surface area contributed by atoms with Crippen LogP contribution in [0, 0.1) is 0 Å². The highest BCUT2D eigenvalue weighted by Crippen LogP contribution is 2.21. The molecule has 0 saturated carbocycles. The molecule has 0 N–H and O–H groups in total. The van der Waals surface area contributed by atoms with E-state index in [1.54, 1.807) is 0 Å². The van der Waals surface area contributed by atoms with Crippen molar-refractivity contribution in [3.8, 4) is 0 Å². The van der Waals surface area contributed by atoms with Crippen LogP contribution in [-0.4, -0.2) is 26.2 Å². The van der Waals surface area contributed by atoms with Crippen molar-refractivity contribution in [2.45, 2.75) is 26.7 Å². The maximum Gasteiger partial charge on any atom is 0.339 e. The summed E-state index contributed by atoms with van der Waals surface area (Å²) in [7, 11) is 1.42. The van der Waals surface area contributed by atoms with E-state index in [2.05, 4.69) is 18.7 Å². The van der Waals surface area contributed by atoms with Crippen molar-refractivity contribution in [1.29, 1.82) is 0 Å². The highest BCUT2D eigenvalue weighted by molar-refractivity contribution is 5.95. The molecule has 0 unspecified atom stereocenters. The normalized spacial score (nSPS) is 10.1. The topological polar surface area (TPSA) is 29.5 Å². The van der Waals surface area contributed by atoms with Gasteiger partial charge < -0.3 is 9.64 Å². The molecule has 0 aromatic heterocycles. The molecule has 0 fully saturated rings. The minimum absolute atomic E-state index is 0.266. The van der Waals surface area contributed by atoms with Crippen LogP contribution < -0.4 is 4.90 Å². The summed E-state index contributed by atoms with van der Waals surface area (Å²) in [6, 6.07) is 7.63. The Morgan fingerprint density at radius 2 is 1.76 bits per heavy atom. The van der Waals surface area contributed by atoms with Crippen molar-refractivity contribution in [3.63, 3.8) is 0 Å². The average molecular weight is 235 g/mol. The lowest BCUT2D eigenvalue weighted by Crippen LogP contribution is -2.26. The molecule has 3 nitrogen and oxygen atoms in total. The van der Waals surface area contributed by atoms with Gasteiger partial charge in [-0.3, -0.25) is 0 Å². The predicted octanol–water partition coefficient (Wildman–Crippen LogP) is 3.10. The van der Waals surface area contributed by atoms with Crippen LogP contribution in [0.25, 0.3) is 0 Å². The van der Waals surface area contributed by atoms with Gasteiger partial charge in [0.1, 0.15) is 0 Å². The third-order valence-electron chi connectivity index (χ3n) is 2.64. The first-order chi connectivity index (χ1) is 8.24. The molecule has 0 atom stereocenters. The van der Waals surface area contributed by atoms with Gasteiger partial charge in [0.05, 0.1) is 18.4 Å². The second-order valence-electron chi connectivity index (χ2n) is 4.00. The number of anilines is 1. The molecule has 0 aliphatic rings. The Kier molecular flexibility index (Phi) is 5.53. The van der Waals surface area contributed by atoms with E-state index in [9.17, 15) is 4.79 Å². The van der Waals surface area contributed by atoms with E-state index < -0.39 is 0 Å². The highest BCUT2D eigenvalue weighted by Gasteiger charge is 2.15. The van der Waals surface area contributed by atoms with E-state index in [0.717, 1.165) is 31.6 Å². The Bertz CT molecular complexity index is 357. The Morgan fingerprint density at radius 1 is 1.18 bits per heavy atom. The van der Waals surface area contributed by atoms with Gasteiger partial charge in [-0.2, -0.15) is 0 Å². The Labute approximate surface area is 103 Å². The fraction of sp³-hybridized carbons (Fsp3) is 0.500. The summed E-state index contributed by atoms with van der Waals surface area (Å²) < 4.78 is 4.82. The van der Waals surface area contributed by atoms with Crippen molar-refractivity contribution in [2.75, 3.05) is 25.1 Å². The van der Waals surface area contributed by atoms with Crippen LogP contribution in [0.4, 0.5) is 5.69 Å². The summed E-state index contributed by atoms with van der Waals surface area (Å²) >= 11 is 0. The van der Waals surface area contributed by atoms with Gasteiger partial charge >= 0.3 is 5.97 Å². The average Bonchev–Trinajstić information content (AvgIpc) is 2.37. The zero-order chi connectivity index (χ0) is 12.7. The number of hydrogen-bond acceptors (Lipinski definition) is 3. The smallest absolute Gasteiger partial charge is 0.339 e. The SMILES string of the molecule is CCCN(CCC)c1ccccc1C(=O)OC. The molecule has 0 aliphatic carbocycles. The fourth-order valence-corrected chi connectivity index (χ4v) is 1.92. The molecule has 0 amide bonds. The molecule has 3 heteroatoms. The van der Waals surface area contributed by atoms with Crippen LogP contribution in [0.3, 0.4) is 0 Å². The summed E-state index contributed by atoms with van der Waals surface area (Å²) in [4.78, 5) is 13.9. The summed E-state index contributed by atoms with van der Waals surface area (Å²) in [5, 5.41) is 0. The van der Waals surface area contributed by atoms with Crippen molar-refractivity contribution in [2.24, 2.45) is 0 Å². The minimum atomic E-state index is -0.266. The second-order valence-corrected chi connectivity index (χ2v) is 4.00. The molecule has 0 spiro atoms. The molecule has 0 heterocycles. The lowest BCUT2D eigenvalue weighted by atomic mass is 10.1. The third kappa shape index (κ3) is 3.48. The molecule has 0 radical (unpaired) electrons. The number of methoxy groups -OCH3 is 1. The van der Waals surface area contributed by atoms with E-state index in [0.29, 0.717) is 5.56 Å². The number of carbonyl (C=O) groups is 1. The van der Waals surface area contributed by atoms with Crippen LogP contribution in [0.5, 0.6) is 0 Å². The maximum absolute atomic E-state index is 11.7. The van der Waals surface area contributed by atoms with E-state index in [1.807, 2.05) is 24.3 Å². The summed E-state index contributed by atoms with van der Waals surface area (Å²) in [6.07, 6.45) is 2.13. The van der Waals surface area contributed by atoms with Gasteiger partial charge in [-0.05, 0) is 25.0 Å². The van der Waals surface area contributed by atoms with Crippen molar-refractivity contribution in [3.05, 3.63) is 29.8 Å². The van der Waals surface area contributed by atoms with Gasteiger partial charge in [0.15, 0.2) is 0 Å². The lowest BCUT2D eigenvalue weighted by Gasteiger charge is -2.25. The molecule has 0 aliphatic heterocycles. The molecule has 1 aromatic rings. The van der Waals surface area contributed by atoms with Gasteiger partial charge in [0.25, 0.3) is 0 Å². The lowest BCUT2D eigenvalue weighted by molar-refractivity contribution is 0.0601. The summed E-state index contributed by atoms with van der Waals surface area (Å²) in [5.41, 5.74) is 1.62. The number of benzene rings is 1. The first-order valence-electron chi connectivity index (χ1n) is 6.16. The van der Waals surface area contributed by atoms with Crippen molar-refractivity contribution < 1.29 is 9.53 Å². The van der Waals surface area contributed by atoms with Gasteiger partial charge in [0, 0.05) is 13.1 Å². The molecule has 17 heavy (non-hydrogen) atoms. The van der Waals surface area contributed by atoms with Crippen LogP contribution in [0.1, 0.15) is 37.0 Å². The zero-order valence-electron chi connectivity index (χ0n) is 10.9. The fourth-order valence-electron chi connectivity index (χ4n) is 1.92. The monoisotopic (exact) mass is 235 g/mol. The zero-order valence-corrected chi connectivity index (χ0v) is 10.9. The van der Waals surface area contributed by atoms with Crippen LogP contribution in [-0.2, 0) is 4.74 Å². The predicted molar refractivity (Wildman–Crippen MR) is 70.6 cm³/mol. The number of hydrogen-bond donors (Lipinski definition) is 0. The standard InChI is InChI=1S/C14H21NO2/c1-4-10-15(11-5-2)13-9-7-6-8-12(13)14(16)17-3/h6-9H,4-5,10-11H2,1-3H3. The minimum Gasteiger partial charge on any atom is -0.465 e. The van der Waals surface area contributed by atoms with Crippen LogP contribution in [0.15, 0.2) is 24.3 Å². The number of esters is 1. The number of rotatable bonds is 6.